The first-order valence-corrected chi connectivity index (χ1v) is 14.9. The Bertz CT molecular complexity index is 1490. The van der Waals surface area contributed by atoms with Crippen LogP contribution in [0, 0.1) is 0 Å². The van der Waals surface area contributed by atoms with E-state index in [-0.39, 0.29) is 22.5 Å². The molecular weight excluding hydrogens is 506 g/mol. The van der Waals surface area contributed by atoms with Crippen molar-refractivity contribution in [2.75, 3.05) is 13.2 Å². The number of benzene rings is 4. The summed E-state index contributed by atoms with van der Waals surface area (Å²) in [6.07, 6.45) is 3.69. The lowest BCUT2D eigenvalue weighted by atomic mass is 9.76. The number of rotatable bonds is 12. The molecule has 2 N–H and O–H groups in total. The topological polar surface area (TPSA) is 58.6 Å². The van der Waals surface area contributed by atoms with Crippen LogP contribution in [0.25, 0.3) is 21.9 Å². The summed E-state index contributed by atoms with van der Waals surface area (Å²) < 4.78 is 6.31. The fourth-order valence-corrected chi connectivity index (χ4v) is 5.10. The first kappa shape index (κ1) is 30.2. The zero-order valence-electron chi connectivity index (χ0n) is 25.5. The molecule has 4 rings (SSSR count). The summed E-state index contributed by atoms with van der Waals surface area (Å²) in [5.41, 5.74) is 4.67. The molecule has 1 amide bonds. The van der Waals surface area contributed by atoms with Crippen LogP contribution in [0.3, 0.4) is 0 Å². The van der Waals surface area contributed by atoms with E-state index in [4.69, 9.17) is 4.74 Å². The third-order valence-electron chi connectivity index (χ3n) is 8.71. The summed E-state index contributed by atoms with van der Waals surface area (Å²) in [6.45, 7) is 14.7. The first-order chi connectivity index (χ1) is 19.6. The van der Waals surface area contributed by atoms with E-state index in [1.807, 2.05) is 60.7 Å². The minimum absolute atomic E-state index is 0.0153. The van der Waals surface area contributed by atoms with Crippen molar-refractivity contribution in [3.05, 3.63) is 95.6 Å². The second-order valence-corrected chi connectivity index (χ2v) is 12.2. The van der Waals surface area contributed by atoms with Crippen molar-refractivity contribution < 1.29 is 14.6 Å². The molecule has 0 spiro atoms. The van der Waals surface area contributed by atoms with E-state index < -0.39 is 0 Å². The Balaban J connectivity index is 1.42. The SMILES string of the molecule is CCC(C)(C)c1ccc(OCCCCNC(=O)c2c(-c3ccccc3)cc3ccccc3c2O)c(C(C)(C)CC)c1. The molecule has 0 aliphatic heterocycles. The molecule has 4 aromatic carbocycles. The van der Waals surface area contributed by atoms with Crippen molar-refractivity contribution in [1.82, 2.24) is 5.32 Å². The summed E-state index contributed by atoms with van der Waals surface area (Å²) in [6, 6.07) is 26.0. The van der Waals surface area contributed by atoms with Gasteiger partial charge in [0, 0.05) is 17.5 Å². The number of fused-ring (bicyclic) bond motifs is 1. The maximum Gasteiger partial charge on any atom is 0.255 e. The Labute approximate surface area is 245 Å². The molecule has 0 heterocycles. The van der Waals surface area contributed by atoms with Gasteiger partial charge in [0.2, 0.25) is 0 Å². The molecule has 4 nitrogen and oxygen atoms in total. The van der Waals surface area contributed by atoms with Gasteiger partial charge in [-0.1, -0.05) is 108 Å². The molecule has 0 aliphatic carbocycles. The van der Waals surface area contributed by atoms with Gasteiger partial charge in [-0.2, -0.15) is 0 Å². The number of carbonyl (C=O) groups is 1. The van der Waals surface area contributed by atoms with Crippen molar-refractivity contribution in [1.29, 1.82) is 0 Å². The Morgan fingerprint density at radius 3 is 2.22 bits per heavy atom. The maximum absolute atomic E-state index is 13.4. The molecule has 41 heavy (non-hydrogen) atoms. The minimum atomic E-state index is -0.269. The van der Waals surface area contributed by atoms with Gasteiger partial charge in [-0.25, -0.2) is 0 Å². The highest BCUT2D eigenvalue weighted by Crippen LogP contribution is 2.39. The van der Waals surface area contributed by atoms with Gasteiger partial charge in [-0.05, 0) is 70.7 Å². The van der Waals surface area contributed by atoms with Crippen LogP contribution >= 0.6 is 0 Å². The van der Waals surface area contributed by atoms with Crippen LogP contribution in [0.2, 0.25) is 0 Å². The molecule has 0 saturated carbocycles. The lowest BCUT2D eigenvalue weighted by Crippen LogP contribution is -2.25. The number of carbonyl (C=O) groups excluding carboxylic acids is 1. The van der Waals surface area contributed by atoms with Crippen LogP contribution in [0.5, 0.6) is 11.5 Å². The van der Waals surface area contributed by atoms with Crippen LogP contribution < -0.4 is 10.1 Å². The Hall–Kier alpha value is -3.79. The summed E-state index contributed by atoms with van der Waals surface area (Å²) >= 11 is 0. The van der Waals surface area contributed by atoms with Gasteiger partial charge in [0.25, 0.3) is 5.91 Å². The molecule has 4 heteroatoms. The highest BCUT2D eigenvalue weighted by atomic mass is 16.5. The van der Waals surface area contributed by atoms with Gasteiger partial charge in [-0.3, -0.25) is 4.79 Å². The third kappa shape index (κ3) is 6.75. The van der Waals surface area contributed by atoms with Crippen molar-refractivity contribution in [3.63, 3.8) is 0 Å². The van der Waals surface area contributed by atoms with Crippen LogP contribution in [-0.2, 0) is 10.8 Å². The van der Waals surface area contributed by atoms with Gasteiger partial charge in [-0.15, -0.1) is 0 Å². The van der Waals surface area contributed by atoms with E-state index in [0.717, 1.165) is 47.9 Å². The number of hydrogen-bond donors (Lipinski definition) is 2. The average molecular weight is 552 g/mol. The van der Waals surface area contributed by atoms with Crippen molar-refractivity contribution in [3.8, 4) is 22.6 Å². The molecule has 216 valence electrons. The standard InChI is InChI=1S/C37H45NO3/c1-7-36(3,4)28-20-21-32(31(25-28)37(5,6)8-2)41-23-15-14-22-38-35(40)33-30(26-16-10-9-11-17-26)24-27-18-12-13-19-29(27)34(33)39/h9-13,16-21,24-25,39H,7-8,14-15,22-23H2,1-6H3,(H,38,40). The second kappa shape index (κ2) is 12.8. The van der Waals surface area contributed by atoms with Crippen LogP contribution in [0.4, 0.5) is 0 Å². The number of ether oxygens (including phenoxy) is 1. The number of hydrogen-bond acceptors (Lipinski definition) is 3. The minimum Gasteiger partial charge on any atom is -0.506 e. The van der Waals surface area contributed by atoms with Crippen molar-refractivity contribution in [2.24, 2.45) is 0 Å². The molecule has 0 saturated heterocycles. The van der Waals surface area contributed by atoms with Gasteiger partial charge < -0.3 is 15.2 Å². The quantitative estimate of drug-likeness (QED) is 0.173. The fourth-order valence-electron chi connectivity index (χ4n) is 5.10. The predicted octanol–water partition coefficient (Wildman–Crippen LogP) is 9.18. The molecule has 0 unspecified atom stereocenters. The number of unbranched alkanes of at least 4 members (excludes halogenated alkanes) is 1. The van der Waals surface area contributed by atoms with E-state index in [9.17, 15) is 9.90 Å². The first-order valence-electron chi connectivity index (χ1n) is 14.9. The zero-order valence-corrected chi connectivity index (χ0v) is 25.5. The molecule has 0 radical (unpaired) electrons. The third-order valence-corrected chi connectivity index (χ3v) is 8.71. The van der Waals surface area contributed by atoms with E-state index in [1.165, 1.54) is 11.1 Å². The summed E-state index contributed by atoms with van der Waals surface area (Å²) in [7, 11) is 0. The van der Waals surface area contributed by atoms with Gasteiger partial charge >= 0.3 is 0 Å². The highest BCUT2D eigenvalue weighted by Gasteiger charge is 2.26. The van der Waals surface area contributed by atoms with E-state index in [0.29, 0.717) is 24.1 Å². The molecule has 0 aromatic heterocycles. The lowest BCUT2D eigenvalue weighted by molar-refractivity contribution is 0.0950. The van der Waals surface area contributed by atoms with Crippen LogP contribution in [-0.4, -0.2) is 24.2 Å². The maximum atomic E-state index is 13.4. The molecule has 0 fully saturated rings. The van der Waals surface area contributed by atoms with E-state index >= 15 is 0 Å². The largest absolute Gasteiger partial charge is 0.506 e. The van der Waals surface area contributed by atoms with Crippen molar-refractivity contribution in [2.45, 2.75) is 78.1 Å². The number of phenols is 1. The lowest BCUT2D eigenvalue weighted by Gasteiger charge is -2.30. The second-order valence-electron chi connectivity index (χ2n) is 12.2. The molecule has 0 atom stereocenters. The van der Waals surface area contributed by atoms with Crippen molar-refractivity contribution >= 4 is 16.7 Å². The van der Waals surface area contributed by atoms with E-state index in [1.54, 1.807) is 0 Å². The Morgan fingerprint density at radius 1 is 0.829 bits per heavy atom. The molecular formula is C37H45NO3. The summed E-state index contributed by atoms with van der Waals surface area (Å²) in [5, 5.41) is 15.7. The van der Waals surface area contributed by atoms with Gasteiger partial charge in [0.05, 0.1) is 12.2 Å². The molecule has 0 aliphatic rings. The predicted molar refractivity (Wildman–Crippen MR) is 171 cm³/mol. The smallest absolute Gasteiger partial charge is 0.255 e. The Morgan fingerprint density at radius 2 is 1.51 bits per heavy atom. The number of aromatic hydroxyl groups is 1. The van der Waals surface area contributed by atoms with Gasteiger partial charge in [0.15, 0.2) is 0 Å². The average Bonchev–Trinajstić information content (AvgIpc) is 2.99. The molecule has 4 aromatic rings. The number of amides is 1. The number of phenolic OH excluding ortho intramolecular Hbond substituents is 1. The van der Waals surface area contributed by atoms with Crippen LogP contribution in [0.1, 0.15) is 88.7 Å². The normalized spacial score (nSPS) is 12.0. The Kier molecular flexibility index (Phi) is 9.42. The molecule has 0 bridgehead atoms. The van der Waals surface area contributed by atoms with Crippen LogP contribution in [0.15, 0.2) is 78.9 Å². The monoisotopic (exact) mass is 551 g/mol. The fraction of sp³-hybridized carbons (Fsp3) is 0.378. The van der Waals surface area contributed by atoms with E-state index in [2.05, 4.69) is 65.1 Å². The highest BCUT2D eigenvalue weighted by molar-refractivity contribution is 6.09. The summed E-state index contributed by atoms with van der Waals surface area (Å²) in [5.74, 6) is 0.697. The summed E-state index contributed by atoms with van der Waals surface area (Å²) in [4.78, 5) is 13.4. The number of nitrogens with one attached hydrogen (secondary N) is 1. The van der Waals surface area contributed by atoms with Gasteiger partial charge in [0.1, 0.15) is 11.5 Å². The zero-order chi connectivity index (χ0) is 29.6.